The lowest BCUT2D eigenvalue weighted by atomic mass is 10.1. The molecule has 0 atom stereocenters. The molecule has 0 radical (unpaired) electrons. The Morgan fingerprint density at radius 1 is 1.25 bits per heavy atom. The van der Waals surface area contributed by atoms with Gasteiger partial charge in [-0.05, 0) is 46.6 Å². The summed E-state index contributed by atoms with van der Waals surface area (Å²) >= 11 is 2.94. The van der Waals surface area contributed by atoms with Gasteiger partial charge in [-0.15, -0.1) is 0 Å². The molecular weight excluding hydrogens is 330 g/mol. The second-order valence-corrected chi connectivity index (χ2v) is 5.07. The maximum Gasteiger partial charge on any atom is 0.256 e. The minimum absolute atomic E-state index is 0.0681. The molecule has 0 aliphatic heterocycles. The fraction of sp³-hybridized carbons (Fsp3) is 0.0714. The summed E-state index contributed by atoms with van der Waals surface area (Å²) in [5.41, 5.74) is 7.02. The zero-order chi connectivity index (χ0) is 14.9. The SMILES string of the molecule is Cc1c(N)cccc1C(=O)Nc1cc(Br)c(F)cc1F. The molecule has 2 aromatic carbocycles. The number of hydrogen-bond donors (Lipinski definition) is 2. The van der Waals surface area contributed by atoms with Gasteiger partial charge in [0.2, 0.25) is 0 Å². The lowest BCUT2D eigenvalue weighted by Gasteiger charge is -2.10. The molecule has 20 heavy (non-hydrogen) atoms. The second-order valence-electron chi connectivity index (χ2n) is 4.22. The van der Waals surface area contributed by atoms with Crippen LogP contribution in [0.25, 0.3) is 0 Å². The van der Waals surface area contributed by atoms with E-state index in [1.165, 1.54) is 6.07 Å². The van der Waals surface area contributed by atoms with Crippen molar-refractivity contribution in [2.75, 3.05) is 11.1 Å². The predicted octanol–water partition coefficient (Wildman–Crippen LogP) is 3.87. The van der Waals surface area contributed by atoms with Gasteiger partial charge in [0.1, 0.15) is 11.6 Å². The Morgan fingerprint density at radius 3 is 2.65 bits per heavy atom. The van der Waals surface area contributed by atoms with E-state index in [1.807, 2.05) is 0 Å². The summed E-state index contributed by atoms with van der Waals surface area (Å²) in [6, 6.07) is 6.75. The van der Waals surface area contributed by atoms with Crippen molar-refractivity contribution in [2.24, 2.45) is 0 Å². The first-order chi connectivity index (χ1) is 9.40. The first-order valence-corrected chi connectivity index (χ1v) is 6.50. The molecule has 2 rings (SSSR count). The highest BCUT2D eigenvalue weighted by molar-refractivity contribution is 9.10. The molecule has 0 aliphatic rings. The van der Waals surface area contributed by atoms with E-state index in [9.17, 15) is 13.6 Å². The number of hydrogen-bond acceptors (Lipinski definition) is 2. The van der Waals surface area contributed by atoms with Crippen molar-refractivity contribution in [2.45, 2.75) is 6.92 Å². The third-order valence-electron chi connectivity index (χ3n) is 2.88. The monoisotopic (exact) mass is 340 g/mol. The Balaban J connectivity index is 2.33. The van der Waals surface area contributed by atoms with Gasteiger partial charge in [-0.2, -0.15) is 0 Å². The zero-order valence-corrected chi connectivity index (χ0v) is 12.1. The van der Waals surface area contributed by atoms with E-state index in [1.54, 1.807) is 25.1 Å². The number of anilines is 2. The van der Waals surface area contributed by atoms with E-state index in [0.29, 0.717) is 22.9 Å². The van der Waals surface area contributed by atoms with Crippen LogP contribution in [0.15, 0.2) is 34.8 Å². The van der Waals surface area contributed by atoms with Gasteiger partial charge in [-0.1, -0.05) is 6.07 Å². The number of nitrogens with two attached hydrogens (primary N) is 1. The van der Waals surface area contributed by atoms with Crippen molar-refractivity contribution in [1.29, 1.82) is 0 Å². The van der Waals surface area contributed by atoms with Crippen LogP contribution < -0.4 is 11.1 Å². The average Bonchev–Trinajstić information content (AvgIpc) is 2.39. The maximum atomic E-state index is 13.6. The predicted molar refractivity (Wildman–Crippen MR) is 77.6 cm³/mol. The molecule has 0 bridgehead atoms. The average molecular weight is 341 g/mol. The summed E-state index contributed by atoms with van der Waals surface area (Å²) < 4.78 is 26.8. The molecule has 0 unspecified atom stereocenters. The Bertz CT molecular complexity index is 689. The Hall–Kier alpha value is -1.95. The number of nitrogens with one attached hydrogen (secondary N) is 1. The minimum atomic E-state index is -0.847. The highest BCUT2D eigenvalue weighted by atomic mass is 79.9. The van der Waals surface area contributed by atoms with E-state index in [4.69, 9.17) is 5.73 Å². The van der Waals surface area contributed by atoms with Gasteiger partial charge in [0.05, 0.1) is 10.2 Å². The summed E-state index contributed by atoms with van der Waals surface area (Å²) in [5, 5.41) is 2.40. The first kappa shape index (κ1) is 14.5. The number of nitrogen functional groups attached to an aromatic ring is 1. The lowest BCUT2D eigenvalue weighted by Crippen LogP contribution is -2.15. The molecule has 104 valence electrons. The van der Waals surface area contributed by atoms with Crippen LogP contribution in [-0.4, -0.2) is 5.91 Å². The number of rotatable bonds is 2. The molecule has 0 aliphatic carbocycles. The first-order valence-electron chi connectivity index (χ1n) is 5.71. The third-order valence-corrected chi connectivity index (χ3v) is 3.49. The van der Waals surface area contributed by atoms with E-state index in [0.717, 1.165) is 0 Å². The van der Waals surface area contributed by atoms with Crippen molar-refractivity contribution >= 4 is 33.2 Å². The molecule has 0 saturated carbocycles. The van der Waals surface area contributed by atoms with Crippen LogP contribution in [0.1, 0.15) is 15.9 Å². The van der Waals surface area contributed by atoms with Crippen molar-refractivity contribution in [1.82, 2.24) is 0 Å². The van der Waals surface area contributed by atoms with Crippen molar-refractivity contribution < 1.29 is 13.6 Å². The fourth-order valence-electron chi connectivity index (χ4n) is 1.71. The summed E-state index contributed by atoms with van der Waals surface area (Å²) in [4.78, 5) is 12.1. The summed E-state index contributed by atoms with van der Waals surface area (Å²) in [6.45, 7) is 1.70. The van der Waals surface area contributed by atoms with E-state index < -0.39 is 17.5 Å². The topological polar surface area (TPSA) is 55.1 Å². The molecule has 3 N–H and O–H groups in total. The van der Waals surface area contributed by atoms with Gasteiger partial charge >= 0.3 is 0 Å². The van der Waals surface area contributed by atoms with Crippen LogP contribution in [0, 0.1) is 18.6 Å². The normalized spacial score (nSPS) is 10.4. The van der Waals surface area contributed by atoms with Gasteiger partial charge in [0.25, 0.3) is 5.91 Å². The van der Waals surface area contributed by atoms with Crippen LogP contribution in [0.5, 0.6) is 0 Å². The smallest absolute Gasteiger partial charge is 0.256 e. The van der Waals surface area contributed by atoms with E-state index in [-0.39, 0.29) is 10.2 Å². The molecule has 0 heterocycles. The van der Waals surface area contributed by atoms with Crippen molar-refractivity contribution in [3.05, 3.63) is 57.6 Å². The standard InChI is InChI=1S/C14H11BrF2N2O/c1-7-8(3-2-4-12(7)18)14(20)19-13-5-9(15)10(16)6-11(13)17/h2-6H,18H2,1H3,(H,19,20). The quantitative estimate of drug-likeness (QED) is 0.644. The zero-order valence-electron chi connectivity index (χ0n) is 10.5. The van der Waals surface area contributed by atoms with Gasteiger partial charge in [-0.3, -0.25) is 4.79 Å². The maximum absolute atomic E-state index is 13.6. The highest BCUT2D eigenvalue weighted by Crippen LogP contribution is 2.25. The van der Waals surface area contributed by atoms with Gasteiger partial charge in [0, 0.05) is 17.3 Å². The largest absolute Gasteiger partial charge is 0.398 e. The van der Waals surface area contributed by atoms with Crippen LogP contribution in [-0.2, 0) is 0 Å². The van der Waals surface area contributed by atoms with Crippen molar-refractivity contribution in [3.8, 4) is 0 Å². The van der Waals surface area contributed by atoms with E-state index >= 15 is 0 Å². The van der Waals surface area contributed by atoms with E-state index in [2.05, 4.69) is 21.2 Å². The number of benzene rings is 2. The third kappa shape index (κ3) is 2.80. The number of carbonyl (C=O) groups is 1. The molecule has 1 amide bonds. The molecule has 2 aromatic rings. The Morgan fingerprint density at radius 2 is 1.95 bits per heavy atom. The molecule has 0 saturated heterocycles. The van der Waals surface area contributed by atoms with Crippen molar-refractivity contribution in [3.63, 3.8) is 0 Å². The van der Waals surface area contributed by atoms with Gasteiger partial charge in [0.15, 0.2) is 0 Å². The lowest BCUT2D eigenvalue weighted by molar-refractivity contribution is 0.102. The summed E-state index contributed by atoms with van der Waals surface area (Å²) in [5.74, 6) is -2.09. The van der Waals surface area contributed by atoms with Gasteiger partial charge in [-0.25, -0.2) is 8.78 Å². The Kier molecular flexibility index (Phi) is 4.04. The van der Waals surface area contributed by atoms with Crippen LogP contribution in [0.4, 0.5) is 20.2 Å². The molecule has 0 aromatic heterocycles. The number of halogens is 3. The van der Waals surface area contributed by atoms with Crippen LogP contribution in [0.3, 0.4) is 0 Å². The minimum Gasteiger partial charge on any atom is -0.398 e. The Labute approximate surface area is 122 Å². The summed E-state index contributed by atoms with van der Waals surface area (Å²) in [6.07, 6.45) is 0. The molecule has 0 fully saturated rings. The van der Waals surface area contributed by atoms with Gasteiger partial charge < -0.3 is 11.1 Å². The van der Waals surface area contributed by atoms with Crippen LogP contribution in [0.2, 0.25) is 0 Å². The second kappa shape index (κ2) is 5.58. The molecular formula is C14H11BrF2N2O. The molecule has 6 heteroatoms. The number of amides is 1. The molecule has 3 nitrogen and oxygen atoms in total. The highest BCUT2D eigenvalue weighted by Gasteiger charge is 2.14. The molecule has 0 spiro atoms. The summed E-state index contributed by atoms with van der Waals surface area (Å²) in [7, 11) is 0. The number of carbonyl (C=O) groups excluding carboxylic acids is 1. The fourth-order valence-corrected chi connectivity index (χ4v) is 2.05. The van der Waals surface area contributed by atoms with Crippen LogP contribution >= 0.6 is 15.9 Å².